The van der Waals surface area contributed by atoms with Gasteiger partial charge >= 0.3 is 5.82 Å². The number of hydrogen-bond donors (Lipinski definition) is 1. The van der Waals surface area contributed by atoms with Gasteiger partial charge in [0.2, 0.25) is 12.2 Å². The first-order valence-corrected chi connectivity index (χ1v) is 5.35. The Morgan fingerprint density at radius 3 is 2.71 bits per heavy atom. The van der Waals surface area contributed by atoms with E-state index in [-0.39, 0.29) is 24.3 Å². The zero-order chi connectivity index (χ0) is 13.0. The van der Waals surface area contributed by atoms with Crippen LogP contribution in [0.4, 0.5) is 5.82 Å². The standard InChI is InChI=1S/C10H16N4O3/c1-7(2)8(3)12-10(15)5-13-4-9(11-6-13)14(16)17/h4,6-8H,5H2,1-3H3,(H,12,15). The highest BCUT2D eigenvalue weighted by Gasteiger charge is 2.14. The topological polar surface area (TPSA) is 90.1 Å². The second-order valence-electron chi connectivity index (χ2n) is 4.26. The van der Waals surface area contributed by atoms with Crippen LogP contribution in [0.3, 0.4) is 0 Å². The number of nitrogens with one attached hydrogen (secondary N) is 1. The Hall–Kier alpha value is -1.92. The van der Waals surface area contributed by atoms with E-state index in [1.807, 2.05) is 20.8 Å². The highest BCUT2D eigenvalue weighted by Crippen LogP contribution is 2.05. The van der Waals surface area contributed by atoms with E-state index in [0.29, 0.717) is 5.92 Å². The molecule has 1 amide bonds. The zero-order valence-electron chi connectivity index (χ0n) is 10.1. The molecule has 0 aromatic carbocycles. The summed E-state index contributed by atoms with van der Waals surface area (Å²) in [5.74, 6) is -0.0933. The summed E-state index contributed by atoms with van der Waals surface area (Å²) in [7, 11) is 0. The van der Waals surface area contributed by atoms with E-state index in [1.165, 1.54) is 17.1 Å². The van der Waals surface area contributed by atoms with Crippen LogP contribution in [-0.2, 0) is 11.3 Å². The van der Waals surface area contributed by atoms with Crippen molar-refractivity contribution in [2.75, 3.05) is 0 Å². The fourth-order valence-corrected chi connectivity index (χ4v) is 1.16. The smallest absolute Gasteiger partial charge is 0.358 e. The van der Waals surface area contributed by atoms with E-state index < -0.39 is 4.92 Å². The monoisotopic (exact) mass is 240 g/mol. The highest BCUT2D eigenvalue weighted by atomic mass is 16.6. The summed E-state index contributed by atoms with van der Waals surface area (Å²) >= 11 is 0. The molecule has 0 saturated carbocycles. The highest BCUT2D eigenvalue weighted by molar-refractivity contribution is 5.76. The molecule has 94 valence electrons. The van der Waals surface area contributed by atoms with Crippen LogP contribution < -0.4 is 5.32 Å². The van der Waals surface area contributed by atoms with Gasteiger partial charge in [-0.25, -0.2) is 0 Å². The SMILES string of the molecule is CC(C)C(C)NC(=O)Cn1cnc([N+](=O)[O-])c1. The van der Waals surface area contributed by atoms with Crippen LogP contribution in [0, 0.1) is 16.0 Å². The number of hydrogen-bond acceptors (Lipinski definition) is 4. The van der Waals surface area contributed by atoms with E-state index in [4.69, 9.17) is 0 Å². The van der Waals surface area contributed by atoms with Crippen molar-refractivity contribution in [3.63, 3.8) is 0 Å². The number of nitrogens with zero attached hydrogens (tertiary/aromatic N) is 3. The molecule has 1 heterocycles. The van der Waals surface area contributed by atoms with Crippen molar-refractivity contribution in [2.45, 2.75) is 33.4 Å². The summed E-state index contributed by atoms with van der Waals surface area (Å²) in [6.07, 6.45) is 2.51. The van der Waals surface area contributed by atoms with Gasteiger partial charge in [-0.2, -0.15) is 0 Å². The van der Waals surface area contributed by atoms with E-state index >= 15 is 0 Å². The van der Waals surface area contributed by atoms with Crippen LogP contribution in [0.15, 0.2) is 12.5 Å². The van der Waals surface area contributed by atoms with Crippen LogP contribution in [0.25, 0.3) is 0 Å². The van der Waals surface area contributed by atoms with E-state index in [0.717, 1.165) is 0 Å². The van der Waals surface area contributed by atoms with Crippen molar-refractivity contribution in [2.24, 2.45) is 5.92 Å². The zero-order valence-corrected chi connectivity index (χ0v) is 10.1. The molecule has 0 aliphatic rings. The van der Waals surface area contributed by atoms with Gasteiger partial charge in [-0.05, 0) is 22.7 Å². The minimum atomic E-state index is -0.592. The van der Waals surface area contributed by atoms with Gasteiger partial charge in [0, 0.05) is 6.04 Å². The van der Waals surface area contributed by atoms with Crippen LogP contribution in [-0.4, -0.2) is 26.4 Å². The Labute approximate surface area is 99.0 Å². The number of carbonyl (C=O) groups is 1. The molecule has 1 aromatic heterocycles. The fourth-order valence-electron chi connectivity index (χ4n) is 1.16. The normalized spacial score (nSPS) is 12.5. The molecule has 7 nitrogen and oxygen atoms in total. The van der Waals surface area contributed by atoms with Gasteiger partial charge in [-0.3, -0.25) is 4.79 Å². The molecule has 0 radical (unpaired) electrons. The molecule has 0 aliphatic heterocycles. The minimum absolute atomic E-state index is 0.0396. The lowest BCUT2D eigenvalue weighted by Crippen LogP contribution is -2.37. The summed E-state index contributed by atoms with van der Waals surface area (Å²) in [5, 5.41) is 13.2. The van der Waals surface area contributed by atoms with Crippen LogP contribution in [0.5, 0.6) is 0 Å². The number of aromatic nitrogens is 2. The average Bonchev–Trinajstić information content (AvgIpc) is 2.65. The van der Waals surface area contributed by atoms with Gasteiger partial charge in [0.15, 0.2) is 0 Å². The second kappa shape index (κ2) is 5.42. The molecule has 0 aliphatic carbocycles. The van der Waals surface area contributed by atoms with Crippen LogP contribution in [0.2, 0.25) is 0 Å². The van der Waals surface area contributed by atoms with Crippen molar-refractivity contribution in [3.05, 3.63) is 22.6 Å². The maximum Gasteiger partial charge on any atom is 0.381 e. The van der Waals surface area contributed by atoms with Gasteiger partial charge in [0.25, 0.3) is 0 Å². The number of nitro groups is 1. The Balaban J connectivity index is 2.53. The Bertz CT molecular complexity index is 413. The van der Waals surface area contributed by atoms with Crippen molar-refractivity contribution in [1.29, 1.82) is 0 Å². The van der Waals surface area contributed by atoms with E-state index in [2.05, 4.69) is 10.3 Å². The molecule has 1 N–H and O–H groups in total. The summed E-state index contributed by atoms with van der Waals surface area (Å²) in [6, 6.07) is 0.0704. The van der Waals surface area contributed by atoms with Gasteiger partial charge in [-0.1, -0.05) is 13.8 Å². The molecule has 17 heavy (non-hydrogen) atoms. The second-order valence-corrected chi connectivity index (χ2v) is 4.26. The molecule has 0 bridgehead atoms. The van der Waals surface area contributed by atoms with Gasteiger partial charge in [0.05, 0.1) is 0 Å². The number of carbonyl (C=O) groups excluding carboxylic acids is 1. The lowest BCUT2D eigenvalue weighted by Gasteiger charge is -2.17. The summed E-state index contributed by atoms with van der Waals surface area (Å²) in [6.45, 7) is 5.97. The van der Waals surface area contributed by atoms with Crippen LogP contribution in [0.1, 0.15) is 20.8 Å². The molecular weight excluding hydrogens is 224 g/mol. The van der Waals surface area contributed by atoms with Crippen molar-refractivity contribution < 1.29 is 9.72 Å². The Morgan fingerprint density at radius 2 is 2.24 bits per heavy atom. The molecule has 7 heteroatoms. The van der Waals surface area contributed by atoms with Gasteiger partial charge in [0.1, 0.15) is 12.7 Å². The molecule has 0 fully saturated rings. The lowest BCUT2D eigenvalue weighted by atomic mass is 10.1. The largest absolute Gasteiger partial charge is 0.381 e. The predicted octanol–water partition coefficient (Wildman–Crippen LogP) is 0.952. The first-order valence-electron chi connectivity index (χ1n) is 5.35. The molecule has 1 rings (SSSR count). The van der Waals surface area contributed by atoms with Crippen molar-refractivity contribution in [3.8, 4) is 0 Å². The third kappa shape index (κ3) is 3.86. The lowest BCUT2D eigenvalue weighted by molar-refractivity contribution is -0.389. The molecule has 0 saturated heterocycles. The molecule has 1 atom stereocenters. The Morgan fingerprint density at radius 1 is 1.59 bits per heavy atom. The minimum Gasteiger partial charge on any atom is -0.358 e. The van der Waals surface area contributed by atoms with E-state index in [1.54, 1.807) is 0 Å². The average molecular weight is 240 g/mol. The first kappa shape index (κ1) is 13.1. The van der Waals surface area contributed by atoms with Gasteiger partial charge in [-0.15, -0.1) is 0 Å². The van der Waals surface area contributed by atoms with Gasteiger partial charge < -0.3 is 20.0 Å². The number of rotatable bonds is 5. The first-order chi connectivity index (χ1) is 7.90. The molecule has 1 unspecified atom stereocenters. The number of imidazole rings is 1. The van der Waals surface area contributed by atoms with Crippen molar-refractivity contribution >= 4 is 11.7 Å². The summed E-state index contributed by atoms with van der Waals surface area (Å²) in [5.41, 5.74) is 0. The Kier molecular flexibility index (Phi) is 4.19. The maximum atomic E-state index is 11.6. The van der Waals surface area contributed by atoms with Crippen LogP contribution >= 0.6 is 0 Å². The number of amides is 1. The summed E-state index contributed by atoms with van der Waals surface area (Å²) < 4.78 is 1.39. The van der Waals surface area contributed by atoms with Crippen molar-refractivity contribution in [1.82, 2.24) is 14.9 Å². The molecular formula is C10H16N4O3. The quantitative estimate of drug-likeness (QED) is 0.613. The third-order valence-electron chi connectivity index (χ3n) is 2.52. The molecule has 1 aromatic rings. The van der Waals surface area contributed by atoms with E-state index in [9.17, 15) is 14.9 Å². The summed E-state index contributed by atoms with van der Waals surface area (Å²) in [4.78, 5) is 24.9. The predicted molar refractivity (Wildman–Crippen MR) is 61.3 cm³/mol. The third-order valence-corrected chi connectivity index (χ3v) is 2.52. The molecule has 0 spiro atoms. The fraction of sp³-hybridized carbons (Fsp3) is 0.600. The maximum absolute atomic E-state index is 11.6.